The molecule has 106 valence electrons. The van der Waals surface area contributed by atoms with Gasteiger partial charge in [0.2, 0.25) is 5.91 Å². The zero-order valence-corrected chi connectivity index (χ0v) is 11.8. The predicted molar refractivity (Wildman–Crippen MR) is 76.8 cm³/mol. The van der Waals surface area contributed by atoms with Crippen LogP contribution in [0.1, 0.15) is 26.3 Å². The molecule has 5 heteroatoms. The Morgan fingerprint density at radius 2 is 2.11 bits per heavy atom. The van der Waals surface area contributed by atoms with E-state index < -0.39 is 0 Å². The van der Waals surface area contributed by atoms with Crippen LogP contribution in [0.2, 0.25) is 0 Å². The maximum absolute atomic E-state index is 11.1. The van der Waals surface area contributed by atoms with E-state index in [-0.39, 0.29) is 18.5 Å². The first kappa shape index (κ1) is 15.3. The predicted octanol–water partition coefficient (Wildman–Crippen LogP) is 1.36. The number of primary amides is 1. The molecule has 1 aromatic carbocycles. The van der Waals surface area contributed by atoms with E-state index in [1.807, 2.05) is 43.9 Å². The van der Waals surface area contributed by atoms with Crippen LogP contribution in [0.5, 0.6) is 5.75 Å². The van der Waals surface area contributed by atoms with E-state index in [1.54, 1.807) is 0 Å². The standard InChI is InChI=1S/C14H23N3O2/c1-4-19-13-6-5-12(15)7-11(13)8-17(10(2)3)9-14(16)18/h5-7,10H,4,8-9,15H2,1-3H3,(H2,16,18). The van der Waals surface area contributed by atoms with Crippen molar-refractivity contribution in [2.24, 2.45) is 5.73 Å². The Morgan fingerprint density at radius 3 is 2.63 bits per heavy atom. The van der Waals surface area contributed by atoms with Gasteiger partial charge < -0.3 is 16.2 Å². The summed E-state index contributed by atoms with van der Waals surface area (Å²) in [6.45, 7) is 7.38. The highest BCUT2D eigenvalue weighted by Crippen LogP contribution is 2.23. The van der Waals surface area contributed by atoms with Crippen LogP contribution in [0, 0.1) is 0 Å². The molecule has 0 aliphatic heterocycles. The average molecular weight is 265 g/mol. The van der Waals surface area contributed by atoms with Gasteiger partial charge in [-0.25, -0.2) is 0 Å². The fourth-order valence-electron chi connectivity index (χ4n) is 1.86. The Labute approximate surface area is 114 Å². The maximum Gasteiger partial charge on any atom is 0.231 e. The van der Waals surface area contributed by atoms with Crippen LogP contribution in [0.25, 0.3) is 0 Å². The maximum atomic E-state index is 11.1. The lowest BCUT2D eigenvalue weighted by molar-refractivity contribution is -0.119. The second-order valence-corrected chi connectivity index (χ2v) is 4.77. The normalized spacial score (nSPS) is 11.0. The Morgan fingerprint density at radius 1 is 1.42 bits per heavy atom. The van der Waals surface area contributed by atoms with Crippen LogP contribution in [0.3, 0.4) is 0 Å². The lowest BCUT2D eigenvalue weighted by Gasteiger charge is -2.26. The molecular formula is C14H23N3O2. The van der Waals surface area contributed by atoms with Crippen LogP contribution < -0.4 is 16.2 Å². The Kier molecular flexibility index (Phi) is 5.63. The number of hydrogen-bond acceptors (Lipinski definition) is 4. The average Bonchev–Trinajstić information content (AvgIpc) is 2.31. The molecule has 1 rings (SSSR count). The lowest BCUT2D eigenvalue weighted by atomic mass is 10.1. The number of rotatable bonds is 7. The number of anilines is 1. The van der Waals surface area contributed by atoms with Crippen molar-refractivity contribution in [2.45, 2.75) is 33.4 Å². The zero-order chi connectivity index (χ0) is 14.4. The molecule has 5 nitrogen and oxygen atoms in total. The van der Waals surface area contributed by atoms with E-state index in [9.17, 15) is 4.79 Å². The SMILES string of the molecule is CCOc1ccc(N)cc1CN(CC(N)=O)C(C)C. The number of nitrogens with zero attached hydrogens (tertiary/aromatic N) is 1. The Bertz CT molecular complexity index is 433. The Hall–Kier alpha value is -1.75. The molecule has 0 aliphatic carbocycles. The quantitative estimate of drug-likeness (QED) is 0.729. The number of amides is 1. The first-order valence-electron chi connectivity index (χ1n) is 6.47. The highest BCUT2D eigenvalue weighted by Gasteiger charge is 2.15. The summed E-state index contributed by atoms with van der Waals surface area (Å²) < 4.78 is 5.58. The molecule has 0 saturated carbocycles. The first-order valence-corrected chi connectivity index (χ1v) is 6.47. The van der Waals surface area contributed by atoms with Gasteiger partial charge in [0.1, 0.15) is 5.75 Å². The van der Waals surface area contributed by atoms with Crippen molar-refractivity contribution >= 4 is 11.6 Å². The van der Waals surface area contributed by atoms with Crippen LogP contribution >= 0.6 is 0 Å². The summed E-state index contributed by atoms with van der Waals surface area (Å²) >= 11 is 0. The van der Waals surface area contributed by atoms with E-state index in [4.69, 9.17) is 16.2 Å². The highest BCUT2D eigenvalue weighted by molar-refractivity contribution is 5.76. The fraction of sp³-hybridized carbons (Fsp3) is 0.500. The molecule has 0 unspecified atom stereocenters. The summed E-state index contributed by atoms with van der Waals surface area (Å²) in [7, 11) is 0. The van der Waals surface area contributed by atoms with Crippen molar-refractivity contribution < 1.29 is 9.53 Å². The number of hydrogen-bond donors (Lipinski definition) is 2. The van der Waals surface area contributed by atoms with Gasteiger partial charge in [-0.15, -0.1) is 0 Å². The van der Waals surface area contributed by atoms with Gasteiger partial charge in [-0.05, 0) is 39.0 Å². The van der Waals surface area contributed by atoms with Crippen LogP contribution in [-0.2, 0) is 11.3 Å². The molecule has 0 saturated heterocycles. The summed E-state index contributed by atoms with van der Waals surface area (Å²) in [5, 5.41) is 0. The van der Waals surface area contributed by atoms with Crippen molar-refractivity contribution in [1.29, 1.82) is 0 Å². The number of nitrogen functional groups attached to an aromatic ring is 1. The van der Waals surface area contributed by atoms with Gasteiger partial charge in [-0.3, -0.25) is 9.69 Å². The third-order valence-electron chi connectivity index (χ3n) is 2.85. The molecule has 0 spiro atoms. The molecule has 0 aliphatic rings. The number of benzene rings is 1. The summed E-state index contributed by atoms with van der Waals surface area (Å²) in [6, 6.07) is 5.75. The highest BCUT2D eigenvalue weighted by atomic mass is 16.5. The van der Waals surface area contributed by atoms with Crippen molar-refractivity contribution in [3.63, 3.8) is 0 Å². The van der Waals surface area contributed by atoms with Gasteiger partial charge in [0, 0.05) is 23.8 Å². The molecule has 4 N–H and O–H groups in total. The summed E-state index contributed by atoms with van der Waals surface area (Å²) in [5.74, 6) is 0.461. The molecule has 0 bridgehead atoms. The van der Waals surface area contributed by atoms with Crippen LogP contribution in [0.4, 0.5) is 5.69 Å². The molecule has 0 heterocycles. The van der Waals surface area contributed by atoms with E-state index >= 15 is 0 Å². The van der Waals surface area contributed by atoms with Crippen LogP contribution in [-0.4, -0.2) is 30.0 Å². The molecule has 1 aromatic rings. The lowest BCUT2D eigenvalue weighted by Crippen LogP contribution is -2.38. The number of carbonyl (C=O) groups excluding carboxylic acids is 1. The third-order valence-corrected chi connectivity index (χ3v) is 2.85. The largest absolute Gasteiger partial charge is 0.494 e. The Balaban J connectivity index is 2.93. The number of ether oxygens (including phenoxy) is 1. The van der Waals surface area contributed by atoms with Gasteiger partial charge in [-0.2, -0.15) is 0 Å². The second-order valence-electron chi connectivity index (χ2n) is 4.77. The zero-order valence-electron chi connectivity index (χ0n) is 11.8. The van der Waals surface area contributed by atoms with Gasteiger partial charge in [-0.1, -0.05) is 0 Å². The minimum atomic E-state index is -0.337. The minimum Gasteiger partial charge on any atom is -0.494 e. The summed E-state index contributed by atoms with van der Waals surface area (Å²) in [6.07, 6.45) is 0. The minimum absolute atomic E-state index is 0.211. The molecule has 0 radical (unpaired) electrons. The van der Waals surface area contributed by atoms with Crippen LogP contribution in [0.15, 0.2) is 18.2 Å². The van der Waals surface area contributed by atoms with E-state index in [0.29, 0.717) is 18.8 Å². The number of nitrogens with two attached hydrogens (primary N) is 2. The van der Waals surface area contributed by atoms with Crippen molar-refractivity contribution in [3.8, 4) is 5.75 Å². The van der Waals surface area contributed by atoms with Gasteiger partial charge >= 0.3 is 0 Å². The third kappa shape index (κ3) is 4.79. The molecule has 0 atom stereocenters. The topological polar surface area (TPSA) is 81.6 Å². The first-order chi connectivity index (χ1) is 8.93. The number of carbonyl (C=O) groups is 1. The van der Waals surface area contributed by atoms with Gasteiger partial charge in [0.25, 0.3) is 0 Å². The summed E-state index contributed by atoms with van der Waals surface area (Å²) in [4.78, 5) is 13.1. The molecule has 19 heavy (non-hydrogen) atoms. The van der Waals surface area contributed by atoms with E-state index in [0.717, 1.165) is 11.3 Å². The second kappa shape index (κ2) is 6.99. The molecular weight excluding hydrogens is 242 g/mol. The molecule has 0 fully saturated rings. The van der Waals surface area contributed by atoms with E-state index in [1.165, 1.54) is 0 Å². The van der Waals surface area contributed by atoms with E-state index in [2.05, 4.69) is 0 Å². The fourth-order valence-corrected chi connectivity index (χ4v) is 1.86. The smallest absolute Gasteiger partial charge is 0.231 e. The van der Waals surface area contributed by atoms with Crippen molar-refractivity contribution in [3.05, 3.63) is 23.8 Å². The molecule has 1 amide bonds. The van der Waals surface area contributed by atoms with Gasteiger partial charge in [0.05, 0.1) is 13.2 Å². The van der Waals surface area contributed by atoms with Gasteiger partial charge in [0.15, 0.2) is 0 Å². The summed E-state index contributed by atoms with van der Waals surface area (Å²) in [5.41, 5.74) is 12.7. The van der Waals surface area contributed by atoms with Crippen molar-refractivity contribution in [2.75, 3.05) is 18.9 Å². The monoisotopic (exact) mass is 265 g/mol. The molecule has 0 aromatic heterocycles. The van der Waals surface area contributed by atoms with Crippen molar-refractivity contribution in [1.82, 2.24) is 4.90 Å².